The third kappa shape index (κ3) is 4.24. The molecule has 1 amide bonds. The van der Waals surface area contributed by atoms with Crippen LogP contribution in [0, 0.1) is 0 Å². The number of carbonyl (C=O) groups is 2. The number of hydrogen-bond acceptors (Lipinski definition) is 3. The van der Waals surface area contributed by atoms with Crippen molar-refractivity contribution in [3.63, 3.8) is 0 Å². The van der Waals surface area contributed by atoms with Crippen molar-refractivity contribution in [3.05, 3.63) is 34.9 Å². The van der Waals surface area contributed by atoms with Gasteiger partial charge in [0.05, 0.1) is 7.11 Å². The van der Waals surface area contributed by atoms with Crippen LogP contribution in [0.25, 0.3) is 0 Å². The second-order valence-electron chi connectivity index (χ2n) is 3.21. The summed E-state index contributed by atoms with van der Waals surface area (Å²) in [6, 6.07) is 6.47. The highest BCUT2D eigenvalue weighted by Crippen LogP contribution is 2.10. The molecule has 0 spiro atoms. The first-order valence-corrected chi connectivity index (χ1v) is 5.61. The van der Waals surface area contributed by atoms with Crippen LogP contribution in [0.4, 0.5) is 0 Å². The molecule has 6 heteroatoms. The van der Waals surface area contributed by atoms with E-state index < -0.39 is 11.3 Å². The first-order valence-electron chi connectivity index (χ1n) is 4.80. The molecule has 1 aromatic rings. The molecule has 0 aliphatic carbocycles. The van der Waals surface area contributed by atoms with Crippen LogP contribution in [0.5, 0.6) is 0 Å². The van der Waals surface area contributed by atoms with E-state index in [0.29, 0.717) is 10.6 Å². The number of rotatable bonds is 4. The summed E-state index contributed by atoms with van der Waals surface area (Å²) in [4.78, 5) is 22.6. The Labute approximate surface area is 109 Å². The van der Waals surface area contributed by atoms with Gasteiger partial charge in [-0.05, 0) is 18.2 Å². The maximum Gasteiger partial charge on any atom is 0.325 e. The number of halogens is 2. The van der Waals surface area contributed by atoms with Crippen molar-refractivity contribution < 1.29 is 14.3 Å². The van der Waals surface area contributed by atoms with Gasteiger partial charge in [0.2, 0.25) is 0 Å². The van der Waals surface area contributed by atoms with Crippen molar-refractivity contribution in [1.29, 1.82) is 0 Å². The third-order valence-corrected chi connectivity index (χ3v) is 2.55. The van der Waals surface area contributed by atoms with Crippen molar-refractivity contribution in [2.24, 2.45) is 0 Å². The maximum absolute atomic E-state index is 11.6. The highest BCUT2D eigenvalue weighted by atomic mass is 35.5. The number of benzene rings is 1. The Hall–Kier alpha value is -1.26. The van der Waals surface area contributed by atoms with E-state index in [1.165, 1.54) is 13.2 Å². The minimum atomic E-state index is -0.900. The predicted molar refractivity (Wildman–Crippen MR) is 65.4 cm³/mol. The van der Waals surface area contributed by atoms with Gasteiger partial charge in [0.1, 0.15) is 5.38 Å². The smallest absolute Gasteiger partial charge is 0.325 e. The number of amides is 1. The Morgan fingerprint density at radius 1 is 1.47 bits per heavy atom. The molecule has 92 valence electrons. The van der Waals surface area contributed by atoms with Crippen LogP contribution in [-0.4, -0.2) is 30.9 Å². The zero-order chi connectivity index (χ0) is 12.8. The van der Waals surface area contributed by atoms with Crippen LogP contribution in [0.15, 0.2) is 24.3 Å². The standard InChI is InChI=1S/C11H11Cl2NO3/c1-17-11(16)9(13)6-14-10(15)7-3-2-4-8(12)5-7/h2-5,9H,6H2,1H3,(H,14,15). The van der Waals surface area contributed by atoms with Crippen LogP contribution in [0.1, 0.15) is 10.4 Å². The first-order chi connectivity index (χ1) is 8.04. The summed E-state index contributed by atoms with van der Waals surface area (Å²) < 4.78 is 4.43. The van der Waals surface area contributed by atoms with Gasteiger partial charge in [-0.3, -0.25) is 9.59 Å². The van der Waals surface area contributed by atoms with Gasteiger partial charge in [0.25, 0.3) is 5.91 Å². The zero-order valence-corrected chi connectivity index (χ0v) is 10.6. The molecule has 4 nitrogen and oxygen atoms in total. The molecule has 0 fully saturated rings. The van der Waals surface area contributed by atoms with Gasteiger partial charge >= 0.3 is 5.97 Å². The van der Waals surface area contributed by atoms with Gasteiger partial charge in [-0.25, -0.2) is 0 Å². The van der Waals surface area contributed by atoms with Gasteiger partial charge in [-0.15, -0.1) is 11.6 Å². The van der Waals surface area contributed by atoms with Gasteiger partial charge in [0.15, 0.2) is 0 Å². The average molecular weight is 276 g/mol. The number of ether oxygens (including phenoxy) is 1. The molecule has 1 aromatic carbocycles. The Balaban J connectivity index is 2.53. The normalized spacial score (nSPS) is 11.7. The lowest BCUT2D eigenvalue weighted by molar-refractivity contribution is -0.140. The molecule has 0 aromatic heterocycles. The van der Waals surface area contributed by atoms with Crippen LogP contribution >= 0.6 is 23.2 Å². The van der Waals surface area contributed by atoms with Gasteiger partial charge < -0.3 is 10.1 Å². The Bertz CT molecular complexity index is 423. The quantitative estimate of drug-likeness (QED) is 0.674. The van der Waals surface area contributed by atoms with Crippen molar-refractivity contribution in [2.45, 2.75) is 5.38 Å². The van der Waals surface area contributed by atoms with Crippen LogP contribution in [0.3, 0.4) is 0 Å². The van der Waals surface area contributed by atoms with Gasteiger partial charge in [0, 0.05) is 17.1 Å². The number of alkyl halides is 1. The molecule has 0 heterocycles. The van der Waals surface area contributed by atoms with Crippen LogP contribution < -0.4 is 5.32 Å². The lowest BCUT2D eigenvalue weighted by Crippen LogP contribution is -2.34. The second kappa shape index (κ2) is 6.47. The van der Waals surface area contributed by atoms with E-state index in [2.05, 4.69) is 10.1 Å². The van der Waals surface area contributed by atoms with Gasteiger partial charge in [-0.2, -0.15) is 0 Å². The molecule has 0 bridgehead atoms. The van der Waals surface area contributed by atoms with E-state index in [4.69, 9.17) is 23.2 Å². The number of hydrogen-bond donors (Lipinski definition) is 1. The summed E-state index contributed by atoms with van der Waals surface area (Å²) in [7, 11) is 1.23. The molecule has 0 radical (unpaired) electrons. The van der Waals surface area contributed by atoms with E-state index in [1.807, 2.05) is 0 Å². The fourth-order valence-electron chi connectivity index (χ4n) is 1.13. The van der Waals surface area contributed by atoms with Crippen molar-refractivity contribution in [1.82, 2.24) is 5.32 Å². The molecule has 1 rings (SSSR count). The predicted octanol–water partition coefficient (Wildman–Crippen LogP) is 1.85. The molecule has 1 atom stereocenters. The summed E-state index contributed by atoms with van der Waals surface area (Å²) in [5.41, 5.74) is 0.409. The molecule has 1 N–H and O–H groups in total. The molecular formula is C11H11Cl2NO3. The average Bonchev–Trinajstić information content (AvgIpc) is 2.34. The third-order valence-electron chi connectivity index (χ3n) is 1.99. The number of esters is 1. The number of nitrogens with one attached hydrogen (secondary N) is 1. The van der Waals surface area contributed by atoms with Crippen molar-refractivity contribution in [3.8, 4) is 0 Å². The van der Waals surface area contributed by atoms with Crippen LogP contribution in [-0.2, 0) is 9.53 Å². The van der Waals surface area contributed by atoms with Crippen molar-refractivity contribution >= 4 is 35.1 Å². The SMILES string of the molecule is COC(=O)C(Cl)CNC(=O)c1cccc(Cl)c1. The highest BCUT2D eigenvalue weighted by Gasteiger charge is 2.16. The maximum atomic E-state index is 11.6. The molecule has 17 heavy (non-hydrogen) atoms. The number of methoxy groups -OCH3 is 1. The van der Waals surface area contributed by atoms with Crippen molar-refractivity contribution in [2.75, 3.05) is 13.7 Å². The van der Waals surface area contributed by atoms with E-state index >= 15 is 0 Å². The van der Waals surface area contributed by atoms with E-state index in [0.717, 1.165) is 0 Å². The van der Waals surface area contributed by atoms with E-state index in [1.54, 1.807) is 18.2 Å². The second-order valence-corrected chi connectivity index (χ2v) is 4.17. The fraction of sp³-hybridized carbons (Fsp3) is 0.273. The minimum absolute atomic E-state index is 0.000421. The van der Waals surface area contributed by atoms with E-state index in [-0.39, 0.29) is 12.5 Å². The monoisotopic (exact) mass is 275 g/mol. The minimum Gasteiger partial charge on any atom is -0.468 e. The molecular weight excluding hydrogens is 265 g/mol. The lowest BCUT2D eigenvalue weighted by Gasteiger charge is -2.09. The first kappa shape index (κ1) is 13.8. The highest BCUT2D eigenvalue weighted by molar-refractivity contribution is 6.31. The largest absolute Gasteiger partial charge is 0.468 e. The van der Waals surface area contributed by atoms with Gasteiger partial charge in [-0.1, -0.05) is 17.7 Å². The lowest BCUT2D eigenvalue weighted by atomic mass is 10.2. The summed E-state index contributed by atoms with van der Waals surface area (Å²) in [5, 5.41) is 2.08. The molecule has 0 aliphatic rings. The Morgan fingerprint density at radius 2 is 2.18 bits per heavy atom. The summed E-state index contributed by atoms with van der Waals surface area (Å²) >= 11 is 11.4. The number of carbonyl (C=O) groups excluding carboxylic acids is 2. The molecule has 0 saturated heterocycles. The summed E-state index contributed by atoms with van der Waals surface area (Å²) in [5.74, 6) is -0.930. The summed E-state index contributed by atoms with van der Waals surface area (Å²) in [6.07, 6.45) is 0. The molecule has 1 unspecified atom stereocenters. The summed E-state index contributed by atoms with van der Waals surface area (Å²) in [6.45, 7) is -0.000421. The van der Waals surface area contributed by atoms with E-state index in [9.17, 15) is 9.59 Å². The Kier molecular flexibility index (Phi) is 5.25. The topological polar surface area (TPSA) is 55.4 Å². The molecule has 0 aliphatic heterocycles. The fourth-order valence-corrected chi connectivity index (χ4v) is 1.48. The Morgan fingerprint density at radius 3 is 2.76 bits per heavy atom. The van der Waals surface area contributed by atoms with Crippen LogP contribution in [0.2, 0.25) is 5.02 Å². The zero-order valence-electron chi connectivity index (χ0n) is 9.07. The molecule has 0 saturated carbocycles.